The second-order valence-electron chi connectivity index (χ2n) is 3.19. The van der Waals surface area contributed by atoms with Gasteiger partial charge in [0.05, 0.1) is 0 Å². The summed E-state index contributed by atoms with van der Waals surface area (Å²) in [5.74, 6) is 0. The van der Waals surface area contributed by atoms with E-state index >= 15 is 0 Å². The molecule has 0 fully saturated rings. The third kappa shape index (κ3) is 26.9. The summed E-state index contributed by atoms with van der Waals surface area (Å²) >= 11 is -3.11. The minimum atomic E-state index is -5.84. The number of hydrogen-bond acceptors (Lipinski definition) is 6. The summed E-state index contributed by atoms with van der Waals surface area (Å²) in [5, 5.41) is 0. The van der Waals surface area contributed by atoms with E-state index in [2.05, 4.69) is 0 Å². The summed E-state index contributed by atoms with van der Waals surface area (Å²) in [6, 6.07) is 0. The monoisotopic (exact) mass is 638 g/mol. The van der Waals surface area contributed by atoms with Crippen LogP contribution in [0.25, 0.3) is 0 Å². The van der Waals surface area contributed by atoms with Crippen LogP contribution in [0.4, 0.5) is 39.5 Å². The topological polar surface area (TPSA) is 163 Å². The normalized spacial score (nSPS) is 13.7. The molecule has 0 saturated heterocycles. The Morgan fingerprint density at radius 3 is 0.517 bits per heavy atom. The van der Waals surface area contributed by atoms with Crippen LogP contribution in [-0.4, -0.2) is 55.4 Å². The van der Waals surface area contributed by atoms with Gasteiger partial charge in [-0.3, -0.25) is 13.7 Å². The second kappa shape index (κ2) is 12.3. The molecule has 0 aliphatic heterocycles. The Labute approximate surface area is 174 Å². The van der Waals surface area contributed by atoms with Crippen LogP contribution >= 0.6 is 37.2 Å². The van der Waals surface area contributed by atoms with Gasteiger partial charge in [0.25, 0.3) is 0 Å². The molecule has 26 heteroatoms. The van der Waals surface area contributed by atoms with Crippen molar-refractivity contribution in [3.05, 3.63) is 0 Å². The first-order chi connectivity index (χ1) is 11.8. The van der Waals surface area contributed by atoms with Crippen LogP contribution in [-0.2, 0) is 42.7 Å². The molecule has 29 heavy (non-hydrogen) atoms. The van der Waals surface area contributed by atoms with Crippen molar-refractivity contribution in [2.75, 3.05) is 0 Å². The molecule has 0 atom stereocenters. The fourth-order valence-corrected chi connectivity index (χ4v) is 0. The van der Waals surface area contributed by atoms with Crippen LogP contribution in [0.3, 0.4) is 0 Å². The Morgan fingerprint density at radius 1 is 0.483 bits per heavy atom. The number of rotatable bonds is 0. The zero-order chi connectivity index (χ0) is 25.5. The molecule has 182 valence electrons. The van der Waals surface area contributed by atoms with Gasteiger partial charge in [0.15, 0.2) is 0 Å². The first kappa shape index (κ1) is 37.3. The van der Waals surface area contributed by atoms with Crippen molar-refractivity contribution in [2.24, 2.45) is 0 Å². The quantitative estimate of drug-likeness (QED) is 0.154. The molecule has 0 heterocycles. The van der Waals surface area contributed by atoms with E-state index < -0.39 is 59.2 Å². The summed E-state index contributed by atoms with van der Waals surface area (Å²) in [6.45, 7) is 0. The molecule has 0 radical (unpaired) electrons. The van der Waals surface area contributed by atoms with Gasteiger partial charge in [-0.15, -0.1) is 0 Å². The van der Waals surface area contributed by atoms with Crippen molar-refractivity contribution in [1.82, 2.24) is 0 Å². The SMILES string of the molecule is O=S(=O)(O)C(F)(F)F.O=S(=O)(O)C(F)(F)F.O=S(=O)(O)C(F)(F)F.[Cl][Ti]([Cl])([Cl])[Cl]. The Morgan fingerprint density at radius 2 is 0.517 bits per heavy atom. The van der Waals surface area contributed by atoms with Crippen molar-refractivity contribution in [1.29, 1.82) is 0 Å². The van der Waals surface area contributed by atoms with E-state index in [0.29, 0.717) is 0 Å². The molecule has 0 spiro atoms. The molecule has 3 N–H and O–H groups in total. The van der Waals surface area contributed by atoms with Crippen LogP contribution in [0.15, 0.2) is 0 Å². The summed E-state index contributed by atoms with van der Waals surface area (Å²) < 4.78 is 173. The molecule has 0 aliphatic carbocycles. The van der Waals surface area contributed by atoms with E-state index in [1.165, 1.54) is 0 Å². The maximum atomic E-state index is 10.7. The molecule has 0 aliphatic rings. The zero-order valence-corrected chi connectivity index (χ0v) is 19.0. The van der Waals surface area contributed by atoms with Crippen LogP contribution in [0.2, 0.25) is 0 Å². The van der Waals surface area contributed by atoms with Gasteiger partial charge >= 0.3 is 96.4 Å². The summed E-state index contributed by atoms with van der Waals surface area (Å²) in [6.07, 6.45) is 0. The summed E-state index contributed by atoms with van der Waals surface area (Å²) in [5.41, 5.74) is -16.6. The van der Waals surface area contributed by atoms with E-state index in [-0.39, 0.29) is 0 Å². The van der Waals surface area contributed by atoms with Gasteiger partial charge in [-0.1, -0.05) is 0 Å². The predicted molar refractivity (Wildman–Crippen MR) is 76.2 cm³/mol. The molecule has 0 unspecified atom stereocenters. The number of alkyl halides is 9. The zero-order valence-electron chi connectivity index (χ0n) is 11.9. The Kier molecular flexibility index (Phi) is 15.8. The third-order valence-electron chi connectivity index (χ3n) is 0.877. The van der Waals surface area contributed by atoms with E-state index in [1.54, 1.807) is 0 Å². The molecular formula is C3H3Cl4F9O9S3Ti. The Balaban J connectivity index is -0.000000146. The summed E-state index contributed by atoms with van der Waals surface area (Å²) in [7, 11) is 2.53. The fraction of sp³-hybridized carbons (Fsp3) is 1.00. The van der Waals surface area contributed by atoms with Crippen molar-refractivity contribution in [3.63, 3.8) is 0 Å². The van der Waals surface area contributed by atoms with Crippen LogP contribution in [0.5, 0.6) is 0 Å². The number of halogens is 13. The van der Waals surface area contributed by atoms with Crippen LogP contribution in [0, 0.1) is 0 Å². The van der Waals surface area contributed by atoms with Crippen LogP contribution < -0.4 is 0 Å². The summed E-state index contributed by atoms with van der Waals surface area (Å²) in [4.78, 5) is 0. The maximum absolute atomic E-state index is 10.7. The molecule has 0 amide bonds. The Bertz CT molecular complexity index is 687. The molecule has 0 rings (SSSR count). The molecule has 0 aromatic carbocycles. The van der Waals surface area contributed by atoms with Gasteiger partial charge in [-0.05, 0) is 0 Å². The second-order valence-corrected chi connectivity index (χ2v) is 22.9. The van der Waals surface area contributed by atoms with Gasteiger partial charge in [0.1, 0.15) is 0 Å². The van der Waals surface area contributed by atoms with Crippen molar-refractivity contribution in [2.45, 2.75) is 16.5 Å². The van der Waals surface area contributed by atoms with E-state index in [4.69, 9.17) is 76.1 Å². The minimum absolute atomic E-state index is 3.11. The van der Waals surface area contributed by atoms with Crippen molar-refractivity contribution in [3.8, 4) is 0 Å². The van der Waals surface area contributed by atoms with Crippen molar-refractivity contribution >= 4 is 67.6 Å². The first-order valence-corrected chi connectivity index (χ1v) is 17.5. The first-order valence-electron chi connectivity index (χ1n) is 4.62. The van der Waals surface area contributed by atoms with Gasteiger partial charge in [0, 0.05) is 0 Å². The average molecular weight is 640 g/mol. The van der Waals surface area contributed by atoms with Gasteiger partial charge < -0.3 is 0 Å². The van der Waals surface area contributed by atoms with Gasteiger partial charge in [-0.2, -0.15) is 64.8 Å². The van der Waals surface area contributed by atoms with E-state index in [9.17, 15) is 39.5 Å². The van der Waals surface area contributed by atoms with Crippen LogP contribution in [0.1, 0.15) is 0 Å². The third-order valence-corrected chi connectivity index (χ3v) is 2.63. The van der Waals surface area contributed by atoms with Gasteiger partial charge in [-0.25, -0.2) is 0 Å². The molecule has 0 bridgehead atoms. The molecule has 0 aromatic rings. The average Bonchev–Trinajstić information content (AvgIpc) is 2.18. The number of hydrogen-bond donors (Lipinski definition) is 3. The van der Waals surface area contributed by atoms with Gasteiger partial charge in [0.2, 0.25) is 0 Å². The van der Waals surface area contributed by atoms with Crippen molar-refractivity contribution < 1.29 is 90.8 Å². The van der Waals surface area contributed by atoms with E-state index in [1.807, 2.05) is 0 Å². The Hall–Kier alpha value is 0.974. The molecule has 0 saturated carbocycles. The molecule has 9 nitrogen and oxygen atoms in total. The van der Waals surface area contributed by atoms with E-state index in [0.717, 1.165) is 0 Å². The predicted octanol–water partition coefficient (Wildman–Crippen LogP) is 3.94. The molecular weight excluding hydrogens is 637 g/mol. The fourth-order valence-electron chi connectivity index (χ4n) is 0. The molecule has 0 aromatic heterocycles. The standard InChI is InChI=1S/3CHF3O3S.4ClH.Ti/c3*2-1(3,4)8(5,6)7;;;;;/h3*(H,5,6,7);4*1H;/q;;;;;;;+4/p-4.